The molecule has 5 heteroatoms. The number of aryl methyl sites for hydroxylation is 1. The van der Waals surface area contributed by atoms with Gasteiger partial charge in [0.05, 0.1) is 0 Å². The van der Waals surface area contributed by atoms with Crippen LogP contribution in [0, 0.1) is 6.92 Å². The van der Waals surface area contributed by atoms with Crippen molar-refractivity contribution in [1.82, 2.24) is 10.6 Å². The van der Waals surface area contributed by atoms with Crippen LogP contribution in [0.25, 0.3) is 0 Å². The normalized spacial score (nSPS) is 17.9. The van der Waals surface area contributed by atoms with Crippen LogP contribution in [0.2, 0.25) is 0 Å². The van der Waals surface area contributed by atoms with Crippen LogP contribution in [-0.4, -0.2) is 25.0 Å². The lowest BCUT2D eigenvalue weighted by Gasteiger charge is -2.11. The molecule has 2 rings (SSSR count). The van der Waals surface area contributed by atoms with Crippen LogP contribution in [0.3, 0.4) is 0 Å². The molecule has 1 amide bonds. The van der Waals surface area contributed by atoms with Crippen molar-refractivity contribution in [3.63, 3.8) is 0 Å². The number of carbonyl (C=O) groups excluding carboxylic acids is 1. The van der Waals surface area contributed by atoms with Crippen molar-refractivity contribution >= 4 is 34.2 Å². The van der Waals surface area contributed by atoms with E-state index >= 15 is 0 Å². The van der Waals surface area contributed by atoms with Crippen LogP contribution in [-0.2, 0) is 0 Å². The Labute approximate surface area is 129 Å². The number of benzene rings is 1. The zero-order chi connectivity index (χ0) is 13.0. The second kappa shape index (κ2) is 7.88. The van der Waals surface area contributed by atoms with E-state index in [0.717, 1.165) is 29.5 Å². The van der Waals surface area contributed by atoms with Crippen molar-refractivity contribution in [3.8, 4) is 0 Å². The molecule has 1 aromatic carbocycles. The molecule has 0 aliphatic carbocycles. The van der Waals surface area contributed by atoms with Gasteiger partial charge in [0.25, 0.3) is 5.91 Å². The fourth-order valence-corrected chi connectivity index (χ4v) is 2.58. The molecule has 1 aromatic rings. The highest BCUT2D eigenvalue weighted by Gasteiger charge is 2.14. The van der Waals surface area contributed by atoms with Gasteiger partial charge in [-0.1, -0.05) is 22.0 Å². The number of carbonyl (C=O) groups is 1. The topological polar surface area (TPSA) is 41.1 Å². The summed E-state index contributed by atoms with van der Waals surface area (Å²) in [7, 11) is 0. The van der Waals surface area contributed by atoms with Gasteiger partial charge in [0.15, 0.2) is 0 Å². The Hall–Kier alpha value is -0.580. The van der Waals surface area contributed by atoms with Crippen molar-refractivity contribution in [3.05, 3.63) is 33.8 Å². The molecule has 0 saturated carbocycles. The summed E-state index contributed by atoms with van der Waals surface area (Å²) in [4.78, 5) is 11.9. The second-order valence-corrected chi connectivity index (χ2v) is 5.66. The highest BCUT2D eigenvalue weighted by Crippen LogP contribution is 2.17. The first-order chi connectivity index (χ1) is 8.66. The van der Waals surface area contributed by atoms with E-state index in [1.165, 1.54) is 12.8 Å². The first-order valence-corrected chi connectivity index (χ1v) is 7.24. The number of halogens is 2. The monoisotopic (exact) mass is 346 g/mol. The van der Waals surface area contributed by atoms with Crippen molar-refractivity contribution in [2.45, 2.75) is 32.2 Å². The van der Waals surface area contributed by atoms with E-state index < -0.39 is 0 Å². The predicted molar refractivity (Wildman–Crippen MR) is 84.1 cm³/mol. The van der Waals surface area contributed by atoms with E-state index in [2.05, 4.69) is 26.6 Å². The van der Waals surface area contributed by atoms with Gasteiger partial charge in [-0.2, -0.15) is 0 Å². The molecule has 106 valence electrons. The number of hydrogen-bond donors (Lipinski definition) is 2. The molecule has 1 atom stereocenters. The van der Waals surface area contributed by atoms with E-state index in [1.807, 2.05) is 25.1 Å². The summed E-state index contributed by atoms with van der Waals surface area (Å²) in [5.74, 6) is 0.00805. The maximum atomic E-state index is 11.9. The van der Waals surface area contributed by atoms with Gasteiger partial charge in [0, 0.05) is 22.6 Å². The molecule has 0 bridgehead atoms. The van der Waals surface area contributed by atoms with Crippen molar-refractivity contribution in [2.24, 2.45) is 0 Å². The standard InChI is InChI=1S/C14H19BrN2O.ClH/c1-10-4-5-11(9-13(10)15)14(18)17-8-6-12-3-2-7-16-12;/h4-5,9,12,16H,2-3,6-8H2,1H3,(H,17,18);1H/t12-;/m1./s1. The molecule has 19 heavy (non-hydrogen) atoms. The molecule has 1 aliphatic rings. The first kappa shape index (κ1) is 16.5. The summed E-state index contributed by atoms with van der Waals surface area (Å²) >= 11 is 3.45. The number of amides is 1. The summed E-state index contributed by atoms with van der Waals surface area (Å²) in [5, 5.41) is 6.40. The molecule has 1 saturated heterocycles. The van der Waals surface area contributed by atoms with Crippen LogP contribution in [0.1, 0.15) is 35.2 Å². The molecule has 1 heterocycles. The van der Waals surface area contributed by atoms with Gasteiger partial charge in [0.2, 0.25) is 0 Å². The Morgan fingerprint density at radius 3 is 2.95 bits per heavy atom. The van der Waals surface area contributed by atoms with E-state index in [4.69, 9.17) is 0 Å². The maximum absolute atomic E-state index is 11.9. The zero-order valence-electron chi connectivity index (χ0n) is 11.0. The summed E-state index contributed by atoms with van der Waals surface area (Å²) in [6.07, 6.45) is 3.49. The van der Waals surface area contributed by atoms with Gasteiger partial charge in [-0.3, -0.25) is 4.79 Å². The zero-order valence-corrected chi connectivity index (χ0v) is 13.4. The SMILES string of the molecule is Cc1ccc(C(=O)NCC[C@H]2CCCN2)cc1Br.Cl. The Balaban J connectivity index is 0.00000180. The molecule has 0 spiro atoms. The molecule has 1 aliphatic heterocycles. The fourth-order valence-electron chi connectivity index (χ4n) is 2.20. The summed E-state index contributed by atoms with van der Waals surface area (Å²) < 4.78 is 0.979. The molecule has 0 unspecified atom stereocenters. The maximum Gasteiger partial charge on any atom is 0.251 e. The van der Waals surface area contributed by atoms with Gasteiger partial charge >= 0.3 is 0 Å². The first-order valence-electron chi connectivity index (χ1n) is 6.44. The van der Waals surface area contributed by atoms with Gasteiger partial charge in [-0.15, -0.1) is 12.4 Å². The molecule has 3 nitrogen and oxygen atoms in total. The van der Waals surface area contributed by atoms with Crippen molar-refractivity contribution < 1.29 is 4.79 Å². The summed E-state index contributed by atoms with van der Waals surface area (Å²) in [5.41, 5.74) is 1.86. The fraction of sp³-hybridized carbons (Fsp3) is 0.500. The summed E-state index contributed by atoms with van der Waals surface area (Å²) in [6.45, 7) is 3.86. The van der Waals surface area contributed by atoms with Crippen molar-refractivity contribution in [2.75, 3.05) is 13.1 Å². The van der Waals surface area contributed by atoms with Crippen molar-refractivity contribution in [1.29, 1.82) is 0 Å². The van der Waals surface area contributed by atoms with Crippen LogP contribution < -0.4 is 10.6 Å². The lowest BCUT2D eigenvalue weighted by atomic mass is 10.1. The number of rotatable bonds is 4. The highest BCUT2D eigenvalue weighted by molar-refractivity contribution is 9.10. The van der Waals surface area contributed by atoms with Crippen LogP contribution in [0.15, 0.2) is 22.7 Å². The Morgan fingerprint density at radius 2 is 2.32 bits per heavy atom. The molecule has 0 aromatic heterocycles. The van der Waals surface area contributed by atoms with Gasteiger partial charge < -0.3 is 10.6 Å². The molecule has 1 fully saturated rings. The smallest absolute Gasteiger partial charge is 0.251 e. The minimum atomic E-state index is 0. The average molecular weight is 348 g/mol. The van der Waals surface area contributed by atoms with Crippen LogP contribution >= 0.6 is 28.3 Å². The van der Waals surface area contributed by atoms with Gasteiger partial charge in [-0.25, -0.2) is 0 Å². The van der Waals surface area contributed by atoms with E-state index in [1.54, 1.807) is 0 Å². The Bertz CT molecular complexity index is 433. The Morgan fingerprint density at radius 1 is 1.53 bits per heavy atom. The third kappa shape index (κ3) is 4.79. The lowest BCUT2D eigenvalue weighted by molar-refractivity contribution is 0.0952. The average Bonchev–Trinajstić information content (AvgIpc) is 2.85. The molecule has 0 radical (unpaired) electrons. The quantitative estimate of drug-likeness (QED) is 0.879. The lowest BCUT2D eigenvalue weighted by Crippen LogP contribution is -2.30. The van der Waals surface area contributed by atoms with Gasteiger partial charge in [-0.05, 0) is 50.4 Å². The Kier molecular flexibility index (Phi) is 6.83. The number of nitrogens with one attached hydrogen (secondary N) is 2. The molecular formula is C14H20BrClN2O. The van der Waals surface area contributed by atoms with E-state index in [9.17, 15) is 4.79 Å². The largest absolute Gasteiger partial charge is 0.352 e. The van der Waals surface area contributed by atoms with Gasteiger partial charge in [0.1, 0.15) is 0 Å². The highest BCUT2D eigenvalue weighted by atomic mass is 79.9. The van der Waals surface area contributed by atoms with Crippen LogP contribution in [0.4, 0.5) is 0 Å². The predicted octanol–water partition coefficient (Wildman–Crippen LogP) is 3.05. The molecule has 2 N–H and O–H groups in total. The minimum Gasteiger partial charge on any atom is -0.352 e. The van der Waals surface area contributed by atoms with Crippen LogP contribution in [0.5, 0.6) is 0 Å². The minimum absolute atomic E-state index is 0. The van der Waals surface area contributed by atoms with E-state index in [-0.39, 0.29) is 18.3 Å². The third-order valence-electron chi connectivity index (χ3n) is 3.37. The molecular weight excluding hydrogens is 328 g/mol. The summed E-state index contributed by atoms with van der Waals surface area (Å²) in [6, 6.07) is 6.27. The van der Waals surface area contributed by atoms with E-state index in [0.29, 0.717) is 11.6 Å². The number of hydrogen-bond acceptors (Lipinski definition) is 2. The third-order valence-corrected chi connectivity index (χ3v) is 4.23. The second-order valence-electron chi connectivity index (χ2n) is 4.80.